The summed E-state index contributed by atoms with van der Waals surface area (Å²) in [7, 11) is -0.676. The van der Waals surface area contributed by atoms with Gasteiger partial charge in [-0.2, -0.15) is 4.31 Å². The molecule has 0 aliphatic carbocycles. The largest absolute Gasteiger partial charge is 0.443 e. The van der Waals surface area contributed by atoms with Gasteiger partial charge < -0.3 is 14.4 Å². The van der Waals surface area contributed by atoms with Gasteiger partial charge in [0.05, 0.1) is 24.7 Å². The van der Waals surface area contributed by atoms with Crippen molar-refractivity contribution < 1.29 is 27.5 Å². The third-order valence-corrected chi connectivity index (χ3v) is 8.65. The Hall–Kier alpha value is -2.99. The van der Waals surface area contributed by atoms with Crippen LogP contribution in [0.2, 0.25) is 5.02 Å². The first-order valence-electron chi connectivity index (χ1n) is 12.9. The van der Waals surface area contributed by atoms with Crippen molar-refractivity contribution >= 4 is 39.5 Å². The maximum absolute atomic E-state index is 12.8. The van der Waals surface area contributed by atoms with Gasteiger partial charge in [-0.15, -0.1) is 0 Å². The Balaban J connectivity index is 1.48. The number of ether oxygens (including phenoxy) is 2. The van der Waals surface area contributed by atoms with Gasteiger partial charge in [-0.25, -0.2) is 13.2 Å². The topological polar surface area (TPSA) is 109 Å². The van der Waals surface area contributed by atoms with E-state index in [1.807, 2.05) is 45.0 Å². The molecule has 2 amide bonds. The van der Waals surface area contributed by atoms with E-state index < -0.39 is 21.7 Å². The minimum atomic E-state index is -3.79. The molecule has 1 heterocycles. The molecule has 0 unspecified atom stereocenters. The van der Waals surface area contributed by atoms with Crippen LogP contribution in [-0.4, -0.2) is 92.9 Å². The van der Waals surface area contributed by atoms with Gasteiger partial charge in [0.15, 0.2) is 0 Å². The average Bonchev–Trinajstić information content (AvgIpc) is 3.37. The van der Waals surface area contributed by atoms with Crippen LogP contribution >= 0.6 is 11.6 Å². The minimum Gasteiger partial charge on any atom is -0.443 e. The monoisotopic (exact) mass is 592 g/mol. The summed E-state index contributed by atoms with van der Waals surface area (Å²) in [5.41, 5.74) is 1.75. The highest BCUT2D eigenvalue weighted by atomic mass is 35.5. The maximum atomic E-state index is 12.8. The van der Waals surface area contributed by atoms with E-state index in [4.69, 9.17) is 21.1 Å². The second-order valence-electron chi connectivity index (χ2n) is 10.6. The number of amides is 2. The van der Waals surface area contributed by atoms with Gasteiger partial charge in [0.2, 0.25) is 15.9 Å². The molecule has 0 radical (unpaired) electrons. The van der Waals surface area contributed by atoms with Crippen LogP contribution in [0, 0.1) is 6.92 Å². The zero-order chi connectivity index (χ0) is 29.7. The lowest BCUT2D eigenvalue weighted by molar-refractivity contribution is -0.135. The molecule has 2 aromatic rings. The smallest absolute Gasteiger partial charge is 0.416 e. The van der Waals surface area contributed by atoms with Crippen LogP contribution in [0.25, 0.3) is 0 Å². The molecule has 2 aromatic carbocycles. The van der Waals surface area contributed by atoms with E-state index in [0.29, 0.717) is 31.0 Å². The van der Waals surface area contributed by atoms with Crippen LogP contribution in [0.1, 0.15) is 37.5 Å². The number of nitrogens with zero attached hydrogens (tertiary/aromatic N) is 4. The number of aryl methyl sites for hydroxylation is 1. The molecule has 0 spiro atoms. The summed E-state index contributed by atoms with van der Waals surface area (Å²) in [5, 5.41) is 0.191. The first kappa shape index (κ1) is 31.5. The predicted octanol–water partition coefficient (Wildman–Crippen LogP) is 3.94. The fourth-order valence-corrected chi connectivity index (χ4v) is 5.59. The number of hydrogen-bond acceptors (Lipinski definition) is 7. The summed E-state index contributed by atoms with van der Waals surface area (Å²) >= 11 is 6.19. The molecular formula is C28H37ClN4O6S. The molecule has 12 heteroatoms. The molecule has 0 atom stereocenters. The molecule has 1 aliphatic rings. The first-order valence-corrected chi connectivity index (χ1v) is 14.7. The summed E-state index contributed by atoms with van der Waals surface area (Å²) in [5.74, 6) is 0.322. The molecule has 3 rings (SSSR count). The molecule has 1 aliphatic heterocycles. The predicted molar refractivity (Wildman–Crippen MR) is 154 cm³/mol. The van der Waals surface area contributed by atoms with Crippen molar-refractivity contribution in [2.24, 2.45) is 4.99 Å². The number of carbonyl (C=O) groups excluding carboxylic acids is 2. The Morgan fingerprint density at radius 2 is 1.77 bits per heavy atom. The maximum Gasteiger partial charge on any atom is 0.416 e. The summed E-state index contributed by atoms with van der Waals surface area (Å²) < 4.78 is 37.8. The number of aliphatic imine (C=N–C) groups is 1. The van der Waals surface area contributed by atoms with E-state index in [1.165, 1.54) is 22.9 Å². The van der Waals surface area contributed by atoms with Crippen molar-refractivity contribution in [3.05, 3.63) is 64.2 Å². The summed E-state index contributed by atoms with van der Waals surface area (Å²) in [6.07, 6.45) is -0.430. The summed E-state index contributed by atoms with van der Waals surface area (Å²) in [4.78, 5) is 32.7. The van der Waals surface area contributed by atoms with E-state index in [0.717, 1.165) is 15.4 Å². The lowest BCUT2D eigenvalue weighted by Crippen LogP contribution is -2.39. The SMILES string of the molecule is Cc1cccc(S(=O)(=O)N(C)CCOCC(=O)N(C)Cc2ccc(C3=NCCN3C(=O)OC(C)(C)C)cc2)c1Cl. The molecule has 10 nitrogen and oxygen atoms in total. The Bertz CT molecular complexity index is 1360. The van der Waals surface area contributed by atoms with E-state index in [9.17, 15) is 18.0 Å². The lowest BCUT2D eigenvalue weighted by Gasteiger charge is -2.25. The van der Waals surface area contributed by atoms with Crippen LogP contribution in [-0.2, 0) is 30.8 Å². The Morgan fingerprint density at radius 3 is 2.42 bits per heavy atom. The van der Waals surface area contributed by atoms with Crippen molar-refractivity contribution in [3.8, 4) is 0 Å². The summed E-state index contributed by atoms with van der Waals surface area (Å²) in [6.45, 7) is 8.45. The van der Waals surface area contributed by atoms with E-state index in [-0.39, 0.29) is 35.6 Å². The summed E-state index contributed by atoms with van der Waals surface area (Å²) in [6, 6.07) is 12.3. The van der Waals surface area contributed by atoms with Gasteiger partial charge in [-0.1, -0.05) is 48.0 Å². The Kier molecular flexibility index (Phi) is 10.3. The van der Waals surface area contributed by atoms with Crippen LogP contribution < -0.4 is 0 Å². The molecule has 0 saturated carbocycles. The number of amidine groups is 1. The Morgan fingerprint density at radius 1 is 1.10 bits per heavy atom. The zero-order valence-electron chi connectivity index (χ0n) is 23.8. The van der Waals surface area contributed by atoms with Crippen LogP contribution in [0.15, 0.2) is 52.4 Å². The van der Waals surface area contributed by atoms with Gasteiger partial charge in [-0.05, 0) is 44.9 Å². The number of benzene rings is 2. The first-order chi connectivity index (χ1) is 18.7. The van der Waals surface area contributed by atoms with Crippen LogP contribution in [0.3, 0.4) is 0 Å². The van der Waals surface area contributed by atoms with Crippen molar-refractivity contribution in [2.75, 3.05) is 46.9 Å². The molecule has 0 aromatic heterocycles. The van der Waals surface area contributed by atoms with Crippen molar-refractivity contribution in [1.82, 2.24) is 14.1 Å². The van der Waals surface area contributed by atoms with Crippen molar-refractivity contribution in [2.45, 2.75) is 44.7 Å². The van der Waals surface area contributed by atoms with Gasteiger partial charge in [-0.3, -0.25) is 14.7 Å². The standard InChI is InChI=1S/C28H37ClN4O6S/c1-20-8-7-9-23(25(20)29)40(36,37)32(6)16-17-38-19-24(34)31(5)18-21-10-12-22(13-11-21)26-30-14-15-33(26)27(35)39-28(2,3)4/h7-13H,14-19H2,1-6H3. The van der Waals surface area contributed by atoms with Gasteiger partial charge in [0.25, 0.3) is 0 Å². The average molecular weight is 593 g/mol. The fourth-order valence-electron chi connectivity index (χ4n) is 3.88. The second-order valence-corrected chi connectivity index (χ2v) is 12.9. The zero-order valence-corrected chi connectivity index (χ0v) is 25.4. The Labute approximate surface area is 241 Å². The molecule has 0 saturated heterocycles. The van der Waals surface area contributed by atoms with Crippen molar-refractivity contribution in [3.63, 3.8) is 0 Å². The third-order valence-electron chi connectivity index (χ3n) is 6.13. The molecule has 40 heavy (non-hydrogen) atoms. The molecular weight excluding hydrogens is 556 g/mol. The van der Waals surface area contributed by atoms with E-state index in [2.05, 4.69) is 4.99 Å². The second kappa shape index (κ2) is 13.1. The van der Waals surface area contributed by atoms with E-state index >= 15 is 0 Å². The van der Waals surface area contributed by atoms with Crippen LogP contribution in [0.5, 0.6) is 0 Å². The highest BCUT2D eigenvalue weighted by Crippen LogP contribution is 2.26. The molecule has 0 fully saturated rings. The molecule has 0 bridgehead atoms. The van der Waals surface area contributed by atoms with Gasteiger partial charge in [0.1, 0.15) is 22.9 Å². The highest BCUT2D eigenvalue weighted by Gasteiger charge is 2.29. The number of halogens is 1. The number of hydrogen-bond donors (Lipinski definition) is 0. The number of carbonyl (C=O) groups is 2. The van der Waals surface area contributed by atoms with Crippen LogP contribution in [0.4, 0.5) is 4.79 Å². The van der Waals surface area contributed by atoms with Gasteiger partial charge >= 0.3 is 6.09 Å². The third kappa shape index (κ3) is 8.03. The fraction of sp³-hybridized carbons (Fsp3) is 0.464. The normalized spacial score (nSPS) is 13.9. The van der Waals surface area contributed by atoms with Gasteiger partial charge in [0, 0.05) is 32.7 Å². The number of likely N-dealkylation sites (N-methyl/N-ethyl adjacent to an activating group) is 2. The number of rotatable bonds is 10. The van der Waals surface area contributed by atoms with Crippen molar-refractivity contribution in [1.29, 1.82) is 0 Å². The quantitative estimate of drug-likeness (QED) is 0.387. The minimum absolute atomic E-state index is 0.0380. The number of sulfonamides is 1. The lowest BCUT2D eigenvalue weighted by atomic mass is 10.1. The highest BCUT2D eigenvalue weighted by molar-refractivity contribution is 7.89. The molecule has 218 valence electrons. The molecule has 0 N–H and O–H groups in total. The van der Waals surface area contributed by atoms with E-state index in [1.54, 1.807) is 26.1 Å².